The van der Waals surface area contributed by atoms with Crippen molar-refractivity contribution in [1.29, 1.82) is 0 Å². The van der Waals surface area contributed by atoms with Gasteiger partial charge in [0.05, 0.1) is 5.56 Å². The third kappa shape index (κ3) is 2.56. The molecule has 1 aromatic rings. The molecule has 1 unspecified atom stereocenters. The summed E-state index contributed by atoms with van der Waals surface area (Å²) < 4.78 is 26.7. The first kappa shape index (κ1) is 14.2. The first-order valence-electron chi connectivity index (χ1n) is 5.39. The predicted octanol–water partition coefficient (Wildman–Crippen LogP) is 2.97. The Balaban J connectivity index is 2.21. The number of carboxylic acids is 1. The minimum absolute atomic E-state index is 0.00471. The van der Waals surface area contributed by atoms with E-state index in [1.807, 2.05) is 22.6 Å². The Bertz CT molecular complexity index is 576. The number of carboxylic acid groups (broad SMARTS) is 1. The molecular formula is C12H10F2INO3. The molecule has 2 N–H and O–H groups in total. The zero-order chi connectivity index (χ0) is 14.4. The van der Waals surface area contributed by atoms with Crippen LogP contribution in [0.15, 0.2) is 18.2 Å². The second-order valence-electron chi connectivity index (χ2n) is 4.70. The summed E-state index contributed by atoms with van der Waals surface area (Å²) in [4.78, 5) is 22.6. The van der Waals surface area contributed by atoms with Crippen LogP contribution in [0.1, 0.15) is 23.7 Å². The second-order valence-corrected chi connectivity index (χ2v) is 5.95. The van der Waals surface area contributed by atoms with Crippen LogP contribution in [0.3, 0.4) is 0 Å². The zero-order valence-electron chi connectivity index (χ0n) is 9.84. The number of hydrogen-bond acceptors (Lipinski definition) is 2. The molecule has 0 radical (unpaired) electrons. The van der Waals surface area contributed by atoms with Crippen molar-refractivity contribution < 1.29 is 23.5 Å². The molecule has 102 valence electrons. The van der Waals surface area contributed by atoms with Crippen molar-refractivity contribution >= 4 is 40.2 Å². The van der Waals surface area contributed by atoms with E-state index in [-0.39, 0.29) is 11.3 Å². The smallest absolute Gasteiger partial charge is 0.335 e. The fourth-order valence-electron chi connectivity index (χ4n) is 1.70. The van der Waals surface area contributed by atoms with Crippen LogP contribution in [0.25, 0.3) is 0 Å². The van der Waals surface area contributed by atoms with Gasteiger partial charge in [0.1, 0.15) is 5.41 Å². The van der Waals surface area contributed by atoms with Gasteiger partial charge in [-0.3, -0.25) is 4.79 Å². The van der Waals surface area contributed by atoms with Gasteiger partial charge in [0.2, 0.25) is 5.91 Å². The highest BCUT2D eigenvalue weighted by Crippen LogP contribution is 2.60. The number of nitrogens with one attached hydrogen (secondary N) is 1. The number of carbonyl (C=O) groups excluding carboxylic acids is 1. The second kappa shape index (κ2) is 4.39. The molecule has 0 spiro atoms. The van der Waals surface area contributed by atoms with Crippen LogP contribution in [-0.4, -0.2) is 22.9 Å². The Hall–Kier alpha value is -1.25. The molecule has 0 saturated heterocycles. The molecule has 1 aliphatic carbocycles. The third-order valence-electron chi connectivity index (χ3n) is 3.16. The van der Waals surface area contributed by atoms with Crippen molar-refractivity contribution in [2.24, 2.45) is 5.41 Å². The maximum Gasteiger partial charge on any atom is 0.335 e. The van der Waals surface area contributed by atoms with Gasteiger partial charge in [0.25, 0.3) is 5.92 Å². The molecule has 19 heavy (non-hydrogen) atoms. The SMILES string of the molecule is CC1(C(=O)Nc2cc(I)cc(C(=O)O)c2)CC1(F)F. The number of alkyl halides is 2. The summed E-state index contributed by atoms with van der Waals surface area (Å²) >= 11 is 1.89. The maximum absolute atomic E-state index is 13.1. The van der Waals surface area contributed by atoms with Crippen LogP contribution in [0.2, 0.25) is 0 Å². The number of aromatic carboxylic acids is 1. The summed E-state index contributed by atoms with van der Waals surface area (Å²) in [6.07, 6.45) is -0.485. The Kier molecular flexibility index (Phi) is 3.28. The average Bonchev–Trinajstić information content (AvgIpc) is 2.78. The highest BCUT2D eigenvalue weighted by atomic mass is 127. The van der Waals surface area contributed by atoms with Crippen molar-refractivity contribution in [2.75, 3.05) is 5.32 Å². The van der Waals surface area contributed by atoms with E-state index in [0.717, 1.165) is 0 Å². The van der Waals surface area contributed by atoms with Crippen LogP contribution in [0.4, 0.5) is 14.5 Å². The highest BCUT2D eigenvalue weighted by Gasteiger charge is 2.72. The quantitative estimate of drug-likeness (QED) is 0.792. The van der Waals surface area contributed by atoms with Crippen LogP contribution >= 0.6 is 22.6 Å². The van der Waals surface area contributed by atoms with Gasteiger partial charge in [-0.15, -0.1) is 0 Å². The van der Waals surface area contributed by atoms with Crippen molar-refractivity contribution in [2.45, 2.75) is 19.3 Å². The van der Waals surface area contributed by atoms with Gasteiger partial charge in [-0.1, -0.05) is 0 Å². The lowest BCUT2D eigenvalue weighted by molar-refractivity contribution is -0.123. The van der Waals surface area contributed by atoms with Gasteiger partial charge in [-0.05, 0) is 47.7 Å². The largest absolute Gasteiger partial charge is 0.478 e. The van der Waals surface area contributed by atoms with Crippen molar-refractivity contribution in [3.63, 3.8) is 0 Å². The molecule has 2 rings (SSSR count). The molecule has 1 fully saturated rings. The number of halogens is 3. The van der Waals surface area contributed by atoms with Crippen LogP contribution < -0.4 is 5.32 Å². The molecule has 0 heterocycles. The molecule has 1 aliphatic rings. The topological polar surface area (TPSA) is 66.4 Å². The van der Waals surface area contributed by atoms with Gasteiger partial charge in [0, 0.05) is 15.7 Å². The summed E-state index contributed by atoms with van der Waals surface area (Å²) in [6, 6.07) is 4.19. The summed E-state index contributed by atoms with van der Waals surface area (Å²) in [5.74, 6) is -4.93. The number of rotatable bonds is 3. The molecule has 1 atom stereocenters. The Labute approximate surface area is 121 Å². The molecule has 1 aromatic carbocycles. The normalized spacial score (nSPS) is 23.8. The Morgan fingerprint density at radius 1 is 1.37 bits per heavy atom. The summed E-state index contributed by atoms with van der Waals surface area (Å²) in [6.45, 7) is 1.19. The number of carbonyl (C=O) groups is 2. The first-order valence-corrected chi connectivity index (χ1v) is 6.47. The lowest BCUT2D eigenvalue weighted by atomic mass is 10.1. The van der Waals surface area contributed by atoms with Crippen LogP contribution in [0.5, 0.6) is 0 Å². The van der Waals surface area contributed by atoms with Gasteiger partial charge < -0.3 is 10.4 Å². The van der Waals surface area contributed by atoms with Gasteiger partial charge >= 0.3 is 5.97 Å². The molecule has 1 amide bonds. The van der Waals surface area contributed by atoms with E-state index in [2.05, 4.69) is 5.32 Å². The van der Waals surface area contributed by atoms with Crippen LogP contribution in [0, 0.1) is 8.99 Å². The lowest BCUT2D eigenvalue weighted by Crippen LogP contribution is -2.26. The van der Waals surface area contributed by atoms with Crippen molar-refractivity contribution in [1.82, 2.24) is 0 Å². The number of amides is 1. The monoisotopic (exact) mass is 381 g/mol. The minimum atomic E-state index is -2.99. The van der Waals surface area contributed by atoms with Crippen LogP contribution in [-0.2, 0) is 4.79 Å². The first-order chi connectivity index (χ1) is 8.65. The van der Waals surface area contributed by atoms with E-state index < -0.39 is 29.6 Å². The van der Waals surface area contributed by atoms with Crippen molar-refractivity contribution in [3.8, 4) is 0 Å². The Morgan fingerprint density at radius 3 is 2.42 bits per heavy atom. The molecule has 0 bridgehead atoms. The van der Waals surface area contributed by atoms with E-state index in [4.69, 9.17) is 5.11 Å². The minimum Gasteiger partial charge on any atom is -0.478 e. The molecule has 1 saturated carbocycles. The molecular weight excluding hydrogens is 371 g/mol. The predicted molar refractivity (Wildman–Crippen MR) is 72.4 cm³/mol. The molecule has 4 nitrogen and oxygen atoms in total. The molecule has 7 heteroatoms. The average molecular weight is 381 g/mol. The van der Waals surface area contributed by atoms with Crippen molar-refractivity contribution in [3.05, 3.63) is 27.3 Å². The van der Waals surface area contributed by atoms with Gasteiger partial charge in [-0.2, -0.15) is 0 Å². The molecule has 0 aliphatic heterocycles. The fourth-order valence-corrected chi connectivity index (χ4v) is 2.37. The van der Waals surface area contributed by atoms with E-state index in [1.54, 1.807) is 0 Å². The third-order valence-corrected chi connectivity index (χ3v) is 3.78. The van der Waals surface area contributed by atoms with Gasteiger partial charge in [-0.25, -0.2) is 13.6 Å². The van der Waals surface area contributed by atoms with E-state index in [9.17, 15) is 18.4 Å². The molecule has 0 aromatic heterocycles. The van der Waals surface area contributed by atoms with E-state index in [1.165, 1.54) is 25.1 Å². The maximum atomic E-state index is 13.1. The standard InChI is InChI=1S/C12H10F2INO3/c1-11(5-12(11,13)14)10(19)16-8-3-6(9(17)18)2-7(15)4-8/h2-4H,5H2,1H3,(H,16,19)(H,17,18). The number of hydrogen-bond donors (Lipinski definition) is 2. The zero-order valence-corrected chi connectivity index (χ0v) is 12.0. The number of anilines is 1. The summed E-state index contributed by atoms with van der Waals surface area (Å²) in [5, 5.41) is 11.2. The Morgan fingerprint density at radius 2 is 1.95 bits per heavy atom. The lowest BCUT2D eigenvalue weighted by Gasteiger charge is -2.12. The number of benzene rings is 1. The fraction of sp³-hybridized carbons (Fsp3) is 0.333. The summed E-state index contributed by atoms with van der Waals surface area (Å²) in [5.41, 5.74) is -1.49. The van der Waals surface area contributed by atoms with Gasteiger partial charge in [0.15, 0.2) is 0 Å². The highest BCUT2D eigenvalue weighted by molar-refractivity contribution is 14.1. The van der Waals surface area contributed by atoms with E-state index in [0.29, 0.717) is 3.57 Å². The summed E-state index contributed by atoms with van der Waals surface area (Å²) in [7, 11) is 0. The van der Waals surface area contributed by atoms with E-state index >= 15 is 0 Å².